The summed E-state index contributed by atoms with van der Waals surface area (Å²) in [6, 6.07) is 11.2. The highest BCUT2D eigenvalue weighted by Crippen LogP contribution is 2.35. The van der Waals surface area contributed by atoms with Crippen LogP contribution in [0.1, 0.15) is 41.5 Å². The van der Waals surface area contributed by atoms with E-state index in [2.05, 4.69) is 48.0 Å². The van der Waals surface area contributed by atoms with E-state index in [-0.39, 0.29) is 5.82 Å². The van der Waals surface area contributed by atoms with Gasteiger partial charge in [-0.1, -0.05) is 48.0 Å². The summed E-state index contributed by atoms with van der Waals surface area (Å²) in [5.74, 6) is -0.267. The fourth-order valence-corrected chi connectivity index (χ4v) is 3.05. The lowest BCUT2D eigenvalue weighted by molar-refractivity contribution is 0.611. The minimum Gasteiger partial charge on any atom is -0.207 e. The summed E-state index contributed by atoms with van der Waals surface area (Å²) in [6.07, 6.45) is 1.83. The van der Waals surface area contributed by atoms with Gasteiger partial charge in [0.1, 0.15) is 5.82 Å². The molecule has 0 aromatic heterocycles. The molecule has 3 heteroatoms. The molecule has 20 heavy (non-hydrogen) atoms. The molecule has 0 aliphatic heterocycles. The van der Waals surface area contributed by atoms with Crippen LogP contribution in [0, 0.1) is 5.82 Å². The normalized spacial score (nSPS) is 12.4. The number of rotatable bonds is 4. The maximum Gasteiger partial charge on any atom is 0.128 e. The van der Waals surface area contributed by atoms with Crippen molar-refractivity contribution in [1.82, 2.24) is 0 Å². The van der Waals surface area contributed by atoms with Gasteiger partial charge in [-0.15, -0.1) is 11.6 Å². The van der Waals surface area contributed by atoms with Crippen LogP contribution >= 0.6 is 27.5 Å². The van der Waals surface area contributed by atoms with Crippen molar-refractivity contribution in [3.8, 4) is 0 Å². The van der Waals surface area contributed by atoms with Crippen LogP contribution in [0.4, 0.5) is 4.39 Å². The van der Waals surface area contributed by atoms with Gasteiger partial charge in [0.05, 0.1) is 5.38 Å². The molecule has 0 saturated carbocycles. The van der Waals surface area contributed by atoms with E-state index in [0.717, 1.165) is 22.9 Å². The molecule has 0 nitrogen and oxygen atoms in total. The van der Waals surface area contributed by atoms with Crippen LogP contribution in [0.2, 0.25) is 0 Å². The fraction of sp³-hybridized carbons (Fsp3) is 0.294. The summed E-state index contributed by atoms with van der Waals surface area (Å²) in [5, 5.41) is -0.464. The van der Waals surface area contributed by atoms with Crippen LogP contribution in [0.3, 0.4) is 0 Å². The third-order valence-corrected chi connectivity index (χ3v) is 4.47. The highest BCUT2D eigenvalue weighted by molar-refractivity contribution is 9.10. The summed E-state index contributed by atoms with van der Waals surface area (Å²) in [4.78, 5) is 0. The molecule has 1 unspecified atom stereocenters. The van der Waals surface area contributed by atoms with Crippen molar-refractivity contribution in [2.75, 3.05) is 0 Å². The predicted octanol–water partition coefficient (Wildman–Crippen LogP) is 6.04. The molecule has 0 bridgehead atoms. The quantitative estimate of drug-likeness (QED) is 0.586. The molecule has 2 aromatic rings. The number of halogens is 3. The summed E-state index contributed by atoms with van der Waals surface area (Å²) in [5.41, 5.74) is 3.91. The number of hydrogen-bond donors (Lipinski definition) is 0. The van der Waals surface area contributed by atoms with Gasteiger partial charge < -0.3 is 0 Å². The second-order valence-corrected chi connectivity index (χ2v) is 6.12. The Kier molecular flexibility index (Phi) is 5.22. The molecule has 0 N–H and O–H groups in total. The molecule has 2 aromatic carbocycles. The molecule has 0 spiro atoms. The maximum absolute atomic E-state index is 14.0. The summed E-state index contributed by atoms with van der Waals surface area (Å²) in [6.45, 7) is 4.19. The Hall–Kier alpha value is -0.860. The van der Waals surface area contributed by atoms with Crippen molar-refractivity contribution in [1.29, 1.82) is 0 Å². The molecular weight excluding hydrogens is 339 g/mol. The lowest BCUT2D eigenvalue weighted by Crippen LogP contribution is -2.02. The molecule has 106 valence electrons. The van der Waals surface area contributed by atoms with Gasteiger partial charge >= 0.3 is 0 Å². The van der Waals surface area contributed by atoms with Gasteiger partial charge in [0.25, 0.3) is 0 Å². The third kappa shape index (κ3) is 3.24. The van der Waals surface area contributed by atoms with Gasteiger partial charge in [-0.05, 0) is 47.7 Å². The molecule has 0 aliphatic rings. The van der Waals surface area contributed by atoms with E-state index in [1.54, 1.807) is 12.1 Å². The molecule has 0 radical (unpaired) electrons. The van der Waals surface area contributed by atoms with Crippen LogP contribution < -0.4 is 0 Å². The first-order valence-electron chi connectivity index (χ1n) is 6.77. The van der Waals surface area contributed by atoms with Gasteiger partial charge in [0, 0.05) is 10.0 Å². The van der Waals surface area contributed by atoms with Crippen LogP contribution in [0.25, 0.3) is 0 Å². The molecule has 2 rings (SSSR count). The highest BCUT2D eigenvalue weighted by atomic mass is 79.9. The number of benzene rings is 2. The lowest BCUT2D eigenvalue weighted by Gasteiger charge is -2.17. The zero-order valence-corrected chi connectivity index (χ0v) is 13.9. The summed E-state index contributed by atoms with van der Waals surface area (Å²) < 4.78 is 14.9. The largest absolute Gasteiger partial charge is 0.207 e. The van der Waals surface area contributed by atoms with Crippen LogP contribution in [-0.2, 0) is 12.8 Å². The first-order valence-corrected chi connectivity index (χ1v) is 8.00. The Bertz CT molecular complexity index is 610. The van der Waals surface area contributed by atoms with E-state index < -0.39 is 5.38 Å². The number of aryl methyl sites for hydroxylation is 2. The minimum absolute atomic E-state index is 0.267. The molecule has 1 atom stereocenters. The Morgan fingerprint density at radius 3 is 2.45 bits per heavy atom. The van der Waals surface area contributed by atoms with Gasteiger partial charge in [-0.3, -0.25) is 0 Å². The average molecular weight is 356 g/mol. The predicted molar refractivity (Wildman–Crippen MR) is 87.0 cm³/mol. The molecule has 0 fully saturated rings. The topological polar surface area (TPSA) is 0 Å². The molecule has 0 amide bonds. The molecule has 0 aliphatic carbocycles. The Labute approximate surface area is 133 Å². The van der Waals surface area contributed by atoms with Gasteiger partial charge in [0.15, 0.2) is 0 Å². The van der Waals surface area contributed by atoms with Crippen LogP contribution in [0.5, 0.6) is 0 Å². The standard InChI is InChI=1S/C17H17BrClF/c1-3-11-5-6-12(4-2)14(9-11)17(19)15-10-13(18)7-8-16(15)20/h5-10,17H,3-4H2,1-2H3. The fourth-order valence-electron chi connectivity index (χ4n) is 2.30. The van der Waals surface area contributed by atoms with Crippen molar-refractivity contribution < 1.29 is 4.39 Å². The average Bonchev–Trinajstić information content (AvgIpc) is 2.48. The molecule has 0 heterocycles. The number of alkyl halides is 1. The van der Waals surface area contributed by atoms with Crippen molar-refractivity contribution in [2.24, 2.45) is 0 Å². The summed E-state index contributed by atoms with van der Waals surface area (Å²) >= 11 is 9.94. The van der Waals surface area contributed by atoms with E-state index in [1.807, 2.05) is 0 Å². The van der Waals surface area contributed by atoms with E-state index in [1.165, 1.54) is 17.2 Å². The van der Waals surface area contributed by atoms with Crippen molar-refractivity contribution in [3.63, 3.8) is 0 Å². The second-order valence-electron chi connectivity index (χ2n) is 4.77. The SMILES string of the molecule is CCc1ccc(CC)c(C(Cl)c2cc(Br)ccc2F)c1. The van der Waals surface area contributed by atoms with E-state index >= 15 is 0 Å². The second kappa shape index (κ2) is 6.73. The van der Waals surface area contributed by atoms with Crippen LogP contribution in [-0.4, -0.2) is 0 Å². The minimum atomic E-state index is -0.464. The maximum atomic E-state index is 14.0. The van der Waals surface area contributed by atoms with E-state index in [4.69, 9.17) is 11.6 Å². The van der Waals surface area contributed by atoms with Gasteiger partial charge in [-0.2, -0.15) is 0 Å². The first-order chi connectivity index (χ1) is 9.56. The molecule has 0 saturated heterocycles. The highest BCUT2D eigenvalue weighted by Gasteiger charge is 2.18. The Morgan fingerprint density at radius 2 is 1.80 bits per heavy atom. The van der Waals surface area contributed by atoms with Gasteiger partial charge in [-0.25, -0.2) is 4.39 Å². The van der Waals surface area contributed by atoms with Gasteiger partial charge in [0.2, 0.25) is 0 Å². The van der Waals surface area contributed by atoms with E-state index in [0.29, 0.717) is 5.56 Å². The molecular formula is C17H17BrClF. The van der Waals surface area contributed by atoms with Crippen LogP contribution in [0.15, 0.2) is 40.9 Å². The summed E-state index contributed by atoms with van der Waals surface area (Å²) in [7, 11) is 0. The van der Waals surface area contributed by atoms with E-state index in [9.17, 15) is 4.39 Å². The number of hydrogen-bond acceptors (Lipinski definition) is 0. The van der Waals surface area contributed by atoms with Crippen molar-refractivity contribution in [3.05, 3.63) is 68.9 Å². The smallest absolute Gasteiger partial charge is 0.128 e. The zero-order chi connectivity index (χ0) is 14.7. The Morgan fingerprint density at radius 1 is 1.05 bits per heavy atom. The lowest BCUT2D eigenvalue weighted by atomic mass is 9.95. The zero-order valence-electron chi connectivity index (χ0n) is 11.6. The Balaban J connectivity index is 2.51. The van der Waals surface area contributed by atoms with Crippen molar-refractivity contribution >= 4 is 27.5 Å². The third-order valence-electron chi connectivity index (χ3n) is 3.50. The van der Waals surface area contributed by atoms with Crippen molar-refractivity contribution in [2.45, 2.75) is 32.1 Å². The monoisotopic (exact) mass is 354 g/mol. The first kappa shape index (κ1) is 15.5.